The Kier molecular flexibility index (Phi) is 13.6. The first-order valence-corrected chi connectivity index (χ1v) is 33.1. The predicted octanol–water partition coefficient (Wildman–Crippen LogP) is 10.9. The van der Waals surface area contributed by atoms with Crippen molar-refractivity contribution in [1.82, 2.24) is 39.2 Å². The summed E-state index contributed by atoms with van der Waals surface area (Å²) in [4.78, 5) is 115. The molecule has 8 fully saturated rings. The van der Waals surface area contributed by atoms with E-state index in [2.05, 4.69) is 0 Å². The number of rotatable bonds is 4. The minimum atomic E-state index is -3.85. The lowest BCUT2D eigenvalue weighted by molar-refractivity contribution is -0.153. The average molecular weight is 1380 g/mol. The highest BCUT2D eigenvalue weighted by Gasteiger charge is 2.46. The number of carbonyl (C=O) groups is 8. The molecule has 4 aromatic rings. The van der Waals surface area contributed by atoms with Crippen molar-refractivity contribution in [2.45, 2.75) is 177 Å². The van der Waals surface area contributed by atoms with Gasteiger partial charge in [-0.2, -0.15) is 0 Å². The van der Waals surface area contributed by atoms with Crippen molar-refractivity contribution in [3.05, 3.63) is 141 Å². The van der Waals surface area contributed by atoms with Crippen molar-refractivity contribution < 1.29 is 97.6 Å². The van der Waals surface area contributed by atoms with Gasteiger partial charge in [-0.15, -0.1) is 0 Å². The Morgan fingerprint density at radius 2 is 0.663 bits per heavy atom. The smallest absolute Gasteiger partial charge is 0.248 e. The molecule has 22 heteroatoms. The minimum absolute atomic E-state index is 0.0210. The van der Waals surface area contributed by atoms with Crippen LogP contribution in [0, 0.1) is 46.9 Å². The first-order valence-electron chi connectivity index (χ1n) is 45.1. The molecule has 4 saturated heterocycles. The van der Waals surface area contributed by atoms with Crippen LogP contribution in [-0.2, 0) is 64.0 Å². The van der Waals surface area contributed by atoms with Crippen LogP contribution in [0.3, 0.4) is 0 Å². The molecule has 8 aliphatic heterocycles. The molecular formula is C76H90F6N8O8. The summed E-state index contributed by atoms with van der Waals surface area (Å²) in [5.41, 5.74) is 5.78. The summed E-state index contributed by atoms with van der Waals surface area (Å²) in [7, 11) is 0. The molecule has 98 heavy (non-hydrogen) atoms. The summed E-state index contributed by atoms with van der Waals surface area (Å²) >= 11 is 0. The second-order valence-corrected chi connectivity index (χ2v) is 26.2. The molecule has 524 valence electrons. The first kappa shape index (κ1) is 45.1. The third-order valence-corrected chi connectivity index (χ3v) is 20.4. The number of hydrogen-bond acceptors (Lipinski definition) is 8. The van der Waals surface area contributed by atoms with Gasteiger partial charge in [0.25, 0.3) is 0 Å². The number of halogens is 6. The van der Waals surface area contributed by atoms with Crippen LogP contribution in [0.2, 0.25) is 0 Å². The lowest BCUT2D eigenvalue weighted by Crippen LogP contribution is -2.56. The minimum Gasteiger partial charge on any atom is -0.332 e. The van der Waals surface area contributed by atoms with Crippen LogP contribution in [0.1, 0.15) is 223 Å². The fourth-order valence-electron chi connectivity index (χ4n) is 15.3. The molecular weight excluding hydrogens is 1270 g/mol. The van der Waals surface area contributed by atoms with Gasteiger partial charge >= 0.3 is 0 Å². The van der Waals surface area contributed by atoms with E-state index in [0.29, 0.717) is 110 Å². The number of alkyl halides is 2. The van der Waals surface area contributed by atoms with E-state index in [9.17, 15) is 64.7 Å². The Balaban J connectivity index is 0.000000141. The molecule has 8 amide bonds. The fraction of sp³-hybridized carbons (Fsp3) is 0.579. The van der Waals surface area contributed by atoms with Crippen LogP contribution in [0.15, 0.2) is 72.8 Å². The van der Waals surface area contributed by atoms with Crippen molar-refractivity contribution in [3.8, 4) is 0 Å². The highest BCUT2D eigenvalue weighted by Crippen LogP contribution is 2.42. The predicted molar refractivity (Wildman–Crippen MR) is 351 cm³/mol. The van der Waals surface area contributed by atoms with E-state index < -0.39 is 154 Å². The fourth-order valence-corrected chi connectivity index (χ4v) is 15.3. The van der Waals surface area contributed by atoms with Crippen LogP contribution in [0.4, 0.5) is 26.3 Å². The standard InChI is InChI=1S/C19H21F3N2O2.3C19H23FN2O2/c20-14-2-1-12-5-8-24-16(15(12)9-14)10-23(11-17(24)25)18(26)13-3-6-19(21,22)7-4-13;3*20-15-7-6-13-8-9-22-17(16(13)10-15)11-21(12-18(22)23)19(24)14-4-2-1-3-5-14/h1-2,9,13,16H,3-8,10-11H2;3*6-7,10,14,17H,1-5,8-9,11-12H2/i;2*1D2,2D2,3D2,4D2,5D2,14D;1D2. The molecule has 4 unspecified atom stereocenters. The zero-order valence-electron chi connectivity index (χ0n) is 77.5. The van der Waals surface area contributed by atoms with E-state index in [0.717, 1.165) is 22.3 Å². The summed E-state index contributed by atoms with van der Waals surface area (Å²) in [5.74, 6) is -18.0. The lowest BCUT2D eigenvalue weighted by Gasteiger charge is -2.45. The van der Waals surface area contributed by atoms with E-state index >= 15 is 0 Å². The summed E-state index contributed by atoms with van der Waals surface area (Å²) < 4.78 is 277. The number of hydrogen-bond donors (Lipinski definition) is 0. The van der Waals surface area contributed by atoms with Crippen LogP contribution >= 0.6 is 0 Å². The highest BCUT2D eigenvalue weighted by molar-refractivity contribution is 5.90. The molecule has 12 aliphatic rings. The molecule has 4 atom stereocenters. The molecule has 0 spiro atoms. The largest absolute Gasteiger partial charge is 0.332 e. The molecule has 0 aromatic heterocycles. The molecule has 16 nitrogen and oxygen atoms in total. The van der Waals surface area contributed by atoms with Crippen molar-refractivity contribution >= 4 is 47.3 Å². The molecule has 8 heterocycles. The zero-order chi connectivity index (χ0) is 90.1. The molecule has 4 aliphatic carbocycles. The van der Waals surface area contributed by atoms with E-state index in [4.69, 9.17) is 32.9 Å². The maximum Gasteiger partial charge on any atom is 0.248 e. The maximum atomic E-state index is 14.0. The van der Waals surface area contributed by atoms with Gasteiger partial charge in [0.15, 0.2) is 0 Å². The SMILES string of the molecule is O=C(C1CCC(F)(F)CC1)N1CC(=O)N2CCc3ccc(F)cc3C2C1.[2H]C1([2H])C([2H])([2H])C([2H])([2H])C([2H])(C(=O)N2CC(=O)N3CCc4ccc(F)cc4C3C2)C([2H])([2H])C1([2H])[2H].[2H]C1([2H])C([2H])([2H])C([2H])([2H])C([2H])(C(=O)N2CC(=O)N3CCc4ccc(F)cc4C3C2)C([2H])([2H])C1([2H])[2H].[2H]C1([2H])CCC(C(=O)N2CC(=O)N3CCc4ccc(F)cc4C3C2)CC1. The summed E-state index contributed by atoms with van der Waals surface area (Å²) in [6.07, 6.45) is -35.6. The summed E-state index contributed by atoms with van der Waals surface area (Å²) in [5, 5.41) is 0. The average Bonchev–Trinajstić information content (AvgIpc) is 0.661. The lowest BCUT2D eigenvalue weighted by atomic mass is 9.85. The maximum absolute atomic E-state index is 14.0. The van der Waals surface area contributed by atoms with Gasteiger partial charge in [0.2, 0.25) is 53.2 Å². The van der Waals surface area contributed by atoms with E-state index in [1.165, 1.54) is 75.4 Å². The van der Waals surface area contributed by atoms with Crippen LogP contribution in [-0.4, -0.2) is 171 Å². The quantitative estimate of drug-likeness (QED) is 0.182. The zero-order valence-corrected chi connectivity index (χ0v) is 53.5. The molecule has 0 radical (unpaired) electrons. The molecule has 4 saturated carbocycles. The Morgan fingerprint density at radius 1 is 0.388 bits per heavy atom. The van der Waals surface area contributed by atoms with Gasteiger partial charge in [0, 0.05) is 122 Å². The van der Waals surface area contributed by atoms with Crippen LogP contribution < -0.4 is 0 Å². The topological polar surface area (TPSA) is 162 Å². The van der Waals surface area contributed by atoms with E-state index in [1.54, 1.807) is 26.8 Å². The first-order chi connectivity index (χ1) is 56.2. The number of carbonyl (C=O) groups excluding carboxylic acids is 8. The van der Waals surface area contributed by atoms with Gasteiger partial charge in [0.1, 0.15) is 23.3 Å². The van der Waals surface area contributed by atoms with E-state index in [-0.39, 0.29) is 118 Å². The second-order valence-electron chi connectivity index (χ2n) is 26.2. The Morgan fingerprint density at radius 3 is 0.959 bits per heavy atom. The highest BCUT2D eigenvalue weighted by atomic mass is 19.3. The molecule has 4 aromatic carbocycles. The van der Waals surface area contributed by atoms with Gasteiger partial charge in [-0.05, 0) is 170 Å². The van der Waals surface area contributed by atoms with Gasteiger partial charge in [-0.3, -0.25) is 38.4 Å². The van der Waals surface area contributed by atoms with Crippen LogP contribution in [0.5, 0.6) is 0 Å². The monoisotopic (exact) mass is 1380 g/mol. The van der Waals surface area contributed by atoms with Crippen LogP contribution in [0.25, 0.3) is 0 Å². The van der Waals surface area contributed by atoms with Crippen molar-refractivity contribution in [2.75, 3.05) is 78.5 Å². The Labute approximate surface area is 603 Å². The van der Waals surface area contributed by atoms with Gasteiger partial charge in [-0.1, -0.05) is 81.7 Å². The van der Waals surface area contributed by atoms with Crippen molar-refractivity contribution in [1.29, 1.82) is 0 Å². The van der Waals surface area contributed by atoms with E-state index in [1.807, 2.05) is 0 Å². The third kappa shape index (κ3) is 14.9. The number of benzene rings is 4. The number of fused-ring (bicyclic) bond motifs is 12. The van der Waals surface area contributed by atoms with Crippen molar-refractivity contribution in [3.63, 3.8) is 0 Å². The van der Waals surface area contributed by atoms with Gasteiger partial charge in [-0.25, -0.2) is 26.3 Å². The summed E-state index contributed by atoms with van der Waals surface area (Å²) in [6, 6.07) is 14.8. The second kappa shape index (κ2) is 29.6. The summed E-state index contributed by atoms with van der Waals surface area (Å²) in [6.45, 7) is 0.241. The number of nitrogens with zero attached hydrogens (tertiary/aromatic N) is 8. The third-order valence-electron chi connectivity index (χ3n) is 20.4. The molecule has 0 N–H and O–H groups in total. The number of amides is 8. The Bertz CT molecular complexity index is 4540. The van der Waals surface area contributed by atoms with Gasteiger partial charge in [0.05, 0.1) is 50.3 Å². The molecule has 16 rings (SSSR count). The normalized spacial score (nSPS) is 34.8. The van der Waals surface area contributed by atoms with Gasteiger partial charge < -0.3 is 39.2 Å². The Hall–Kier alpha value is -7.78. The van der Waals surface area contributed by atoms with Crippen molar-refractivity contribution in [2.24, 2.45) is 23.6 Å². The number of piperazine rings is 4. The molecule has 0 bridgehead atoms.